The van der Waals surface area contributed by atoms with Gasteiger partial charge in [0.15, 0.2) is 0 Å². The predicted octanol–water partition coefficient (Wildman–Crippen LogP) is 16.0. The van der Waals surface area contributed by atoms with Gasteiger partial charge in [-0.05, 0) is 121 Å². The summed E-state index contributed by atoms with van der Waals surface area (Å²) in [5.74, 6) is 0. The molecule has 1 aliphatic rings. The van der Waals surface area contributed by atoms with Crippen LogP contribution >= 0.6 is 11.3 Å². The van der Waals surface area contributed by atoms with E-state index in [-0.39, 0.29) is 5.41 Å². The maximum absolute atomic E-state index is 2.45. The van der Waals surface area contributed by atoms with Crippen molar-refractivity contribution in [3.05, 3.63) is 211 Å². The number of fused-ring (bicyclic) bond motifs is 7. The Kier molecular flexibility index (Phi) is 7.77. The Morgan fingerprint density at radius 2 is 1.00 bits per heavy atom. The van der Waals surface area contributed by atoms with Gasteiger partial charge in [-0.15, -0.1) is 11.3 Å². The van der Waals surface area contributed by atoms with Crippen LogP contribution in [0.2, 0.25) is 0 Å². The van der Waals surface area contributed by atoms with E-state index in [2.05, 4.69) is 219 Å². The standard InChI is InChI=1S/C55H39NS/c1-55(2)50-22-13-21-45(37-14-5-3-6-15-37)54(50)48-31-29-42(34-51(48)55)56(43-28-30-47-46-20-11-12-23-52(46)57-53(47)35-43)41-26-24-36(25-27-41)40-32-39-18-9-10-19-44(39)49(33-40)38-16-7-4-8-17-38/h3-35H,1-2H3. The lowest BCUT2D eigenvalue weighted by atomic mass is 9.81. The zero-order valence-corrected chi connectivity index (χ0v) is 32.7. The maximum atomic E-state index is 2.45. The highest BCUT2D eigenvalue weighted by Crippen LogP contribution is 2.54. The van der Waals surface area contributed by atoms with Crippen LogP contribution in [0.1, 0.15) is 25.0 Å². The molecule has 0 radical (unpaired) electrons. The van der Waals surface area contributed by atoms with E-state index in [0.29, 0.717) is 0 Å². The first kappa shape index (κ1) is 33.6. The van der Waals surface area contributed by atoms with Gasteiger partial charge in [0, 0.05) is 42.6 Å². The first-order chi connectivity index (χ1) is 28.0. The lowest BCUT2D eigenvalue weighted by molar-refractivity contribution is 0.660. The normalized spacial score (nSPS) is 12.9. The third-order valence-electron chi connectivity index (χ3n) is 12.1. The summed E-state index contributed by atoms with van der Waals surface area (Å²) in [6.45, 7) is 4.76. The molecule has 0 N–H and O–H groups in total. The Balaban J connectivity index is 1.06. The summed E-state index contributed by atoms with van der Waals surface area (Å²) in [4.78, 5) is 2.45. The Hall–Kier alpha value is -6.74. The van der Waals surface area contributed by atoms with Crippen molar-refractivity contribution >= 4 is 59.3 Å². The quantitative estimate of drug-likeness (QED) is 0.164. The molecule has 0 aliphatic heterocycles. The molecule has 1 aromatic heterocycles. The van der Waals surface area contributed by atoms with Gasteiger partial charge >= 0.3 is 0 Å². The molecule has 2 heteroatoms. The molecule has 1 heterocycles. The fraction of sp³-hybridized carbons (Fsp3) is 0.0545. The van der Waals surface area contributed by atoms with Gasteiger partial charge < -0.3 is 4.90 Å². The van der Waals surface area contributed by atoms with Crippen LogP contribution in [0.4, 0.5) is 17.1 Å². The molecule has 0 spiro atoms. The number of rotatable bonds is 6. The van der Waals surface area contributed by atoms with Gasteiger partial charge in [-0.2, -0.15) is 0 Å². The zero-order chi connectivity index (χ0) is 38.1. The number of anilines is 3. The van der Waals surface area contributed by atoms with Crippen molar-refractivity contribution in [2.45, 2.75) is 19.3 Å². The molecule has 11 rings (SSSR count). The van der Waals surface area contributed by atoms with Gasteiger partial charge in [0.1, 0.15) is 0 Å². The maximum Gasteiger partial charge on any atom is 0.0476 e. The average molecular weight is 746 g/mol. The minimum absolute atomic E-state index is 0.164. The fourth-order valence-corrected chi connectivity index (χ4v) is 10.3. The van der Waals surface area contributed by atoms with E-state index in [4.69, 9.17) is 0 Å². The van der Waals surface area contributed by atoms with Crippen molar-refractivity contribution in [2.24, 2.45) is 0 Å². The van der Waals surface area contributed by atoms with Crippen LogP contribution in [0, 0.1) is 0 Å². The highest BCUT2D eigenvalue weighted by molar-refractivity contribution is 7.25. The summed E-state index contributed by atoms with van der Waals surface area (Å²) < 4.78 is 2.61. The molecule has 0 unspecified atom stereocenters. The van der Waals surface area contributed by atoms with Crippen LogP contribution in [-0.2, 0) is 5.41 Å². The SMILES string of the molecule is CC1(C)c2cc(N(c3ccc(-c4cc(-c5ccccc5)c5ccccc5c4)cc3)c3ccc4c(c3)sc3ccccc34)ccc2-c2c(-c3ccccc3)cccc21. The lowest BCUT2D eigenvalue weighted by Crippen LogP contribution is -2.16. The van der Waals surface area contributed by atoms with Crippen LogP contribution in [-0.4, -0.2) is 0 Å². The third-order valence-corrected chi connectivity index (χ3v) is 13.2. The molecule has 0 amide bonds. The van der Waals surface area contributed by atoms with Crippen molar-refractivity contribution < 1.29 is 0 Å². The van der Waals surface area contributed by atoms with Gasteiger partial charge in [-0.25, -0.2) is 0 Å². The first-order valence-corrected chi connectivity index (χ1v) is 20.6. The number of nitrogens with zero attached hydrogens (tertiary/aromatic N) is 1. The van der Waals surface area contributed by atoms with Crippen LogP contribution in [0.3, 0.4) is 0 Å². The second-order valence-electron chi connectivity index (χ2n) is 15.7. The topological polar surface area (TPSA) is 3.24 Å². The number of benzene rings is 9. The molecular weight excluding hydrogens is 707 g/mol. The van der Waals surface area contributed by atoms with Crippen LogP contribution in [0.25, 0.3) is 75.5 Å². The molecule has 10 aromatic rings. The molecule has 9 aromatic carbocycles. The molecule has 1 nitrogen and oxygen atoms in total. The number of hydrogen-bond donors (Lipinski definition) is 0. The van der Waals surface area contributed by atoms with E-state index in [1.54, 1.807) is 0 Å². The van der Waals surface area contributed by atoms with Gasteiger partial charge in [-0.3, -0.25) is 0 Å². The van der Waals surface area contributed by atoms with Gasteiger partial charge in [0.2, 0.25) is 0 Å². The Morgan fingerprint density at radius 1 is 0.368 bits per heavy atom. The van der Waals surface area contributed by atoms with Crippen molar-refractivity contribution in [3.8, 4) is 44.5 Å². The van der Waals surface area contributed by atoms with Gasteiger partial charge in [0.05, 0.1) is 0 Å². The summed E-state index contributed by atoms with van der Waals surface area (Å²) in [5.41, 5.74) is 16.1. The molecule has 0 saturated heterocycles. The molecular formula is C55H39NS. The second kappa shape index (κ2) is 13.2. The minimum atomic E-state index is -0.164. The first-order valence-electron chi connectivity index (χ1n) is 19.8. The average Bonchev–Trinajstić information content (AvgIpc) is 3.75. The van der Waals surface area contributed by atoms with E-state index < -0.39 is 0 Å². The van der Waals surface area contributed by atoms with E-state index in [9.17, 15) is 0 Å². The Bertz CT molecular complexity index is 3140. The third kappa shape index (κ3) is 5.51. The van der Waals surface area contributed by atoms with Crippen LogP contribution in [0.15, 0.2) is 200 Å². The molecule has 57 heavy (non-hydrogen) atoms. The summed E-state index contributed by atoms with van der Waals surface area (Å²) >= 11 is 1.87. The zero-order valence-electron chi connectivity index (χ0n) is 31.9. The molecule has 1 aliphatic carbocycles. The number of thiophene rings is 1. The summed E-state index contributed by atoms with van der Waals surface area (Å²) in [6.07, 6.45) is 0. The Morgan fingerprint density at radius 3 is 1.79 bits per heavy atom. The van der Waals surface area contributed by atoms with Crippen molar-refractivity contribution in [2.75, 3.05) is 4.90 Å². The summed E-state index contributed by atoms with van der Waals surface area (Å²) in [6, 6.07) is 73.8. The highest BCUT2D eigenvalue weighted by Gasteiger charge is 2.37. The lowest BCUT2D eigenvalue weighted by Gasteiger charge is -2.28. The summed E-state index contributed by atoms with van der Waals surface area (Å²) in [7, 11) is 0. The van der Waals surface area contributed by atoms with Gasteiger partial charge in [-0.1, -0.05) is 159 Å². The highest BCUT2D eigenvalue weighted by atomic mass is 32.1. The number of hydrogen-bond acceptors (Lipinski definition) is 2. The smallest absolute Gasteiger partial charge is 0.0476 e. The summed E-state index contributed by atoms with van der Waals surface area (Å²) in [5, 5.41) is 5.13. The largest absolute Gasteiger partial charge is 0.310 e. The fourth-order valence-electron chi connectivity index (χ4n) is 9.21. The Labute approximate surface area is 337 Å². The molecule has 0 atom stereocenters. The monoisotopic (exact) mass is 745 g/mol. The second-order valence-corrected chi connectivity index (χ2v) is 16.8. The van der Waals surface area contributed by atoms with E-state index in [0.717, 1.165) is 17.1 Å². The molecule has 270 valence electrons. The van der Waals surface area contributed by atoms with Crippen molar-refractivity contribution in [1.29, 1.82) is 0 Å². The van der Waals surface area contributed by atoms with Crippen molar-refractivity contribution in [3.63, 3.8) is 0 Å². The van der Waals surface area contributed by atoms with E-state index >= 15 is 0 Å². The van der Waals surface area contributed by atoms with Crippen LogP contribution < -0.4 is 4.90 Å². The predicted molar refractivity (Wildman–Crippen MR) is 245 cm³/mol. The molecule has 0 saturated carbocycles. The molecule has 0 fully saturated rings. The van der Waals surface area contributed by atoms with E-state index in [1.165, 1.54) is 86.6 Å². The van der Waals surface area contributed by atoms with Crippen LogP contribution in [0.5, 0.6) is 0 Å². The van der Waals surface area contributed by atoms with Gasteiger partial charge in [0.25, 0.3) is 0 Å². The molecule has 0 bridgehead atoms. The minimum Gasteiger partial charge on any atom is -0.310 e. The van der Waals surface area contributed by atoms with Crippen molar-refractivity contribution in [1.82, 2.24) is 0 Å². The van der Waals surface area contributed by atoms with E-state index in [1.807, 2.05) is 11.3 Å².